The largest absolute Gasteiger partial charge is 0.466 e. The lowest BCUT2D eigenvalue weighted by atomic mass is 9.84. The number of hydrogen-bond donors (Lipinski definition) is 0. The number of nitrogens with zero attached hydrogens (tertiary/aromatic N) is 2. The van der Waals surface area contributed by atoms with E-state index in [9.17, 15) is 4.79 Å². The van der Waals surface area contributed by atoms with Crippen molar-refractivity contribution in [3.63, 3.8) is 0 Å². The van der Waals surface area contributed by atoms with Crippen molar-refractivity contribution >= 4 is 32.9 Å². The molecule has 1 atom stereocenters. The standard InChI is InChI=1S/C16H17BrN2O2/c1-3-21-16(20)10-4-5-14-12(6-10)9(2)13-7-11(17)8-18-15(13)19-14/h7-8,10H,3-6H2,1-2H3. The second kappa shape index (κ2) is 5.72. The third kappa shape index (κ3) is 2.67. The molecule has 5 heteroatoms. The number of esters is 1. The van der Waals surface area contributed by atoms with Gasteiger partial charge < -0.3 is 4.74 Å². The van der Waals surface area contributed by atoms with Crippen LogP contribution in [-0.2, 0) is 22.4 Å². The number of carbonyl (C=O) groups is 1. The van der Waals surface area contributed by atoms with Crippen LogP contribution >= 0.6 is 15.9 Å². The summed E-state index contributed by atoms with van der Waals surface area (Å²) in [6.45, 7) is 4.37. The van der Waals surface area contributed by atoms with E-state index < -0.39 is 0 Å². The normalized spacial score (nSPS) is 17.6. The summed E-state index contributed by atoms with van der Waals surface area (Å²) in [5, 5.41) is 1.05. The molecule has 4 nitrogen and oxygen atoms in total. The number of aromatic nitrogens is 2. The van der Waals surface area contributed by atoms with Crippen LogP contribution in [0.4, 0.5) is 0 Å². The van der Waals surface area contributed by atoms with Crippen molar-refractivity contribution in [2.75, 3.05) is 6.61 Å². The van der Waals surface area contributed by atoms with E-state index in [1.165, 1.54) is 11.1 Å². The highest BCUT2D eigenvalue weighted by Gasteiger charge is 2.28. The molecule has 0 fully saturated rings. The first-order valence-corrected chi connectivity index (χ1v) is 7.99. The first kappa shape index (κ1) is 14.4. The van der Waals surface area contributed by atoms with Crippen molar-refractivity contribution in [2.24, 2.45) is 5.92 Å². The van der Waals surface area contributed by atoms with Gasteiger partial charge in [0.25, 0.3) is 0 Å². The minimum Gasteiger partial charge on any atom is -0.466 e. The highest BCUT2D eigenvalue weighted by atomic mass is 79.9. The van der Waals surface area contributed by atoms with Crippen molar-refractivity contribution in [3.8, 4) is 0 Å². The second-order valence-electron chi connectivity index (χ2n) is 5.38. The number of carbonyl (C=O) groups excluding carboxylic acids is 1. The Morgan fingerprint density at radius 2 is 2.33 bits per heavy atom. The van der Waals surface area contributed by atoms with Gasteiger partial charge in [0.1, 0.15) is 0 Å². The quantitative estimate of drug-likeness (QED) is 0.780. The van der Waals surface area contributed by atoms with Crippen molar-refractivity contribution in [2.45, 2.75) is 33.1 Å². The lowest BCUT2D eigenvalue weighted by Crippen LogP contribution is -2.26. The van der Waals surface area contributed by atoms with Crippen LogP contribution in [0.1, 0.15) is 30.2 Å². The van der Waals surface area contributed by atoms with Gasteiger partial charge in [-0.3, -0.25) is 4.79 Å². The number of ether oxygens (including phenoxy) is 1. The Morgan fingerprint density at radius 1 is 1.52 bits per heavy atom. The topological polar surface area (TPSA) is 52.1 Å². The maximum atomic E-state index is 12.0. The molecular weight excluding hydrogens is 332 g/mol. The molecule has 0 amide bonds. The van der Waals surface area contributed by atoms with E-state index in [1.54, 1.807) is 6.20 Å². The van der Waals surface area contributed by atoms with Crippen molar-refractivity contribution in [3.05, 3.63) is 33.6 Å². The Hall–Kier alpha value is -1.49. The zero-order valence-electron chi connectivity index (χ0n) is 12.1. The minimum absolute atomic E-state index is 0.0458. The van der Waals surface area contributed by atoms with E-state index in [2.05, 4.69) is 32.8 Å². The predicted molar refractivity (Wildman–Crippen MR) is 84.1 cm³/mol. The molecular formula is C16H17BrN2O2. The van der Waals surface area contributed by atoms with Gasteiger partial charge in [-0.2, -0.15) is 0 Å². The van der Waals surface area contributed by atoms with Gasteiger partial charge in [-0.15, -0.1) is 0 Å². The van der Waals surface area contributed by atoms with Gasteiger partial charge in [0, 0.05) is 21.7 Å². The molecule has 1 aliphatic carbocycles. The summed E-state index contributed by atoms with van der Waals surface area (Å²) in [6, 6.07) is 2.04. The van der Waals surface area contributed by atoms with Crippen molar-refractivity contribution in [1.29, 1.82) is 0 Å². The van der Waals surface area contributed by atoms with Crippen LogP contribution in [0.3, 0.4) is 0 Å². The predicted octanol–water partition coefficient (Wildman–Crippen LogP) is 3.37. The van der Waals surface area contributed by atoms with E-state index >= 15 is 0 Å². The van der Waals surface area contributed by atoms with E-state index in [0.29, 0.717) is 6.61 Å². The number of pyridine rings is 2. The maximum Gasteiger partial charge on any atom is 0.309 e. The van der Waals surface area contributed by atoms with Gasteiger partial charge in [-0.05, 0) is 66.2 Å². The molecule has 0 aromatic carbocycles. The summed E-state index contributed by atoms with van der Waals surface area (Å²) >= 11 is 3.45. The van der Waals surface area contributed by atoms with Crippen LogP contribution in [0.2, 0.25) is 0 Å². The average Bonchev–Trinajstić information content (AvgIpc) is 2.48. The van der Waals surface area contributed by atoms with E-state index in [4.69, 9.17) is 4.74 Å². The van der Waals surface area contributed by atoms with Crippen molar-refractivity contribution < 1.29 is 9.53 Å². The Morgan fingerprint density at radius 3 is 3.10 bits per heavy atom. The first-order chi connectivity index (χ1) is 10.1. The van der Waals surface area contributed by atoms with Gasteiger partial charge in [0.15, 0.2) is 5.65 Å². The molecule has 1 unspecified atom stereocenters. The number of hydrogen-bond acceptors (Lipinski definition) is 4. The fourth-order valence-corrected chi connectivity index (χ4v) is 3.30. The molecule has 2 aromatic rings. The molecule has 0 spiro atoms. The monoisotopic (exact) mass is 348 g/mol. The third-order valence-corrected chi connectivity index (χ3v) is 4.51. The molecule has 110 valence electrons. The summed E-state index contributed by atoms with van der Waals surface area (Å²) in [4.78, 5) is 21.0. The Labute approximate surface area is 132 Å². The van der Waals surface area contributed by atoms with E-state index in [0.717, 1.165) is 40.5 Å². The Kier molecular flexibility index (Phi) is 3.93. The highest BCUT2D eigenvalue weighted by Crippen LogP contribution is 2.31. The average molecular weight is 349 g/mol. The van der Waals surface area contributed by atoms with Crippen LogP contribution in [0.15, 0.2) is 16.7 Å². The SMILES string of the molecule is CCOC(=O)C1CCc2nc3ncc(Br)cc3c(C)c2C1. The lowest BCUT2D eigenvalue weighted by molar-refractivity contribution is -0.148. The molecule has 0 aliphatic heterocycles. The van der Waals surface area contributed by atoms with E-state index in [1.807, 2.05) is 13.0 Å². The molecule has 2 aromatic heterocycles. The fourth-order valence-electron chi connectivity index (χ4n) is 2.97. The zero-order valence-corrected chi connectivity index (χ0v) is 13.7. The van der Waals surface area contributed by atoms with Gasteiger partial charge in [-0.1, -0.05) is 0 Å². The maximum absolute atomic E-state index is 12.0. The molecule has 0 bridgehead atoms. The minimum atomic E-state index is -0.0879. The van der Waals surface area contributed by atoms with Gasteiger partial charge in [-0.25, -0.2) is 9.97 Å². The number of fused-ring (bicyclic) bond motifs is 2. The summed E-state index contributed by atoms with van der Waals surface area (Å²) in [7, 11) is 0. The van der Waals surface area contributed by atoms with Crippen LogP contribution in [0.5, 0.6) is 0 Å². The summed E-state index contributed by atoms with van der Waals surface area (Å²) < 4.78 is 6.11. The van der Waals surface area contributed by atoms with Crippen molar-refractivity contribution in [1.82, 2.24) is 9.97 Å². The molecule has 21 heavy (non-hydrogen) atoms. The Bertz CT molecular complexity index is 715. The third-order valence-electron chi connectivity index (χ3n) is 4.08. The molecule has 3 rings (SSSR count). The van der Waals surface area contributed by atoms with Crippen LogP contribution in [-0.4, -0.2) is 22.5 Å². The smallest absolute Gasteiger partial charge is 0.309 e. The zero-order chi connectivity index (χ0) is 15.0. The van der Waals surface area contributed by atoms with Gasteiger partial charge >= 0.3 is 5.97 Å². The van der Waals surface area contributed by atoms with Gasteiger partial charge in [0.2, 0.25) is 0 Å². The molecule has 0 saturated heterocycles. The van der Waals surface area contributed by atoms with Crippen LogP contribution < -0.4 is 0 Å². The molecule has 0 saturated carbocycles. The molecule has 2 heterocycles. The fraction of sp³-hybridized carbons (Fsp3) is 0.438. The lowest BCUT2D eigenvalue weighted by Gasteiger charge is -2.24. The number of rotatable bonds is 2. The molecule has 0 radical (unpaired) electrons. The summed E-state index contributed by atoms with van der Waals surface area (Å²) in [5.41, 5.74) is 4.23. The summed E-state index contributed by atoms with van der Waals surface area (Å²) in [6.07, 6.45) is 4.11. The second-order valence-corrected chi connectivity index (χ2v) is 6.29. The Balaban J connectivity index is 2.03. The van der Waals surface area contributed by atoms with E-state index in [-0.39, 0.29) is 11.9 Å². The first-order valence-electron chi connectivity index (χ1n) is 7.20. The van der Waals surface area contributed by atoms with Gasteiger partial charge in [0.05, 0.1) is 12.5 Å². The summed E-state index contributed by atoms with van der Waals surface area (Å²) in [5.74, 6) is -0.134. The number of halogens is 1. The molecule has 0 N–H and O–H groups in total. The molecule has 1 aliphatic rings. The number of aryl methyl sites for hydroxylation is 2. The van der Waals surface area contributed by atoms with Crippen LogP contribution in [0, 0.1) is 12.8 Å². The highest BCUT2D eigenvalue weighted by molar-refractivity contribution is 9.10. The van der Waals surface area contributed by atoms with Crippen LogP contribution in [0.25, 0.3) is 11.0 Å².